The third-order valence-corrected chi connectivity index (χ3v) is 6.94. The summed E-state index contributed by atoms with van der Waals surface area (Å²) < 4.78 is 29.3. The average molecular weight is 607 g/mol. The van der Waals surface area contributed by atoms with E-state index in [-0.39, 0.29) is 37.9 Å². The summed E-state index contributed by atoms with van der Waals surface area (Å²) in [7, 11) is 4.73. The number of ether oxygens (including phenoxy) is 5. The van der Waals surface area contributed by atoms with Gasteiger partial charge in [0.2, 0.25) is 11.8 Å². The molecule has 0 radical (unpaired) electrons. The smallest absolute Gasteiger partial charge is 0.306 e. The number of methoxy groups -OCH3 is 2. The SMILES string of the molecule is CNC(=O)CCC(=O)OC(COCCCNC(C)=O)COC(c1ccccc1)(c1ccc(OC)cc1)c1ccc(OC)cc1. The van der Waals surface area contributed by atoms with E-state index in [1.807, 2.05) is 78.9 Å². The molecule has 1 atom stereocenters. The Morgan fingerprint density at radius 3 is 1.86 bits per heavy atom. The van der Waals surface area contributed by atoms with Crippen molar-refractivity contribution < 1.29 is 38.1 Å². The molecule has 44 heavy (non-hydrogen) atoms. The van der Waals surface area contributed by atoms with Crippen LogP contribution in [0.5, 0.6) is 11.5 Å². The van der Waals surface area contributed by atoms with Crippen LogP contribution in [0.3, 0.4) is 0 Å². The van der Waals surface area contributed by atoms with Crippen LogP contribution in [0.25, 0.3) is 0 Å². The fourth-order valence-electron chi connectivity index (χ4n) is 4.65. The largest absolute Gasteiger partial charge is 0.497 e. The number of carbonyl (C=O) groups excluding carboxylic acids is 3. The highest BCUT2D eigenvalue weighted by Gasteiger charge is 2.39. The molecule has 10 heteroatoms. The Labute approximate surface area is 259 Å². The molecule has 2 amide bonds. The van der Waals surface area contributed by atoms with E-state index in [1.165, 1.54) is 14.0 Å². The van der Waals surface area contributed by atoms with E-state index in [9.17, 15) is 14.4 Å². The van der Waals surface area contributed by atoms with Gasteiger partial charge in [-0.3, -0.25) is 14.4 Å². The number of esters is 1. The molecular weight excluding hydrogens is 564 g/mol. The highest BCUT2D eigenvalue weighted by molar-refractivity contribution is 5.81. The molecule has 3 aromatic carbocycles. The molecular formula is C34H42N2O8. The number of hydrogen-bond acceptors (Lipinski definition) is 8. The second-order valence-electron chi connectivity index (χ2n) is 10.0. The lowest BCUT2D eigenvalue weighted by atomic mass is 9.80. The Bertz CT molecular complexity index is 1270. The Balaban J connectivity index is 1.96. The third kappa shape index (κ3) is 9.82. The van der Waals surface area contributed by atoms with Crippen molar-refractivity contribution in [3.8, 4) is 11.5 Å². The minimum absolute atomic E-state index is 0.00608. The van der Waals surface area contributed by atoms with Gasteiger partial charge in [0, 0.05) is 33.5 Å². The van der Waals surface area contributed by atoms with Crippen LogP contribution in [0.1, 0.15) is 42.9 Å². The van der Waals surface area contributed by atoms with Crippen molar-refractivity contribution in [2.45, 2.75) is 37.9 Å². The van der Waals surface area contributed by atoms with Crippen LogP contribution in [0.4, 0.5) is 0 Å². The molecule has 0 aliphatic rings. The van der Waals surface area contributed by atoms with Crippen LogP contribution < -0.4 is 20.1 Å². The molecule has 3 rings (SSSR count). The first-order chi connectivity index (χ1) is 21.3. The summed E-state index contributed by atoms with van der Waals surface area (Å²) in [5, 5.41) is 5.24. The minimum Gasteiger partial charge on any atom is -0.497 e. The highest BCUT2D eigenvalue weighted by Crippen LogP contribution is 2.41. The van der Waals surface area contributed by atoms with E-state index in [0.29, 0.717) is 31.1 Å². The summed E-state index contributed by atoms with van der Waals surface area (Å²) in [5.74, 6) is 0.479. The molecule has 3 aromatic rings. The third-order valence-electron chi connectivity index (χ3n) is 6.94. The summed E-state index contributed by atoms with van der Waals surface area (Å²) in [6.45, 7) is 2.30. The lowest BCUT2D eigenvalue weighted by Crippen LogP contribution is -2.38. The van der Waals surface area contributed by atoms with Crippen LogP contribution >= 0.6 is 0 Å². The lowest BCUT2D eigenvalue weighted by molar-refractivity contribution is -0.160. The highest BCUT2D eigenvalue weighted by atomic mass is 16.6. The molecule has 2 N–H and O–H groups in total. The zero-order valence-electron chi connectivity index (χ0n) is 25.8. The van der Waals surface area contributed by atoms with Crippen molar-refractivity contribution in [1.82, 2.24) is 10.6 Å². The Kier molecular flexibility index (Phi) is 13.7. The van der Waals surface area contributed by atoms with Crippen molar-refractivity contribution in [2.24, 2.45) is 0 Å². The van der Waals surface area contributed by atoms with E-state index in [1.54, 1.807) is 14.2 Å². The number of benzene rings is 3. The predicted octanol–water partition coefficient (Wildman–Crippen LogP) is 3.99. The average Bonchev–Trinajstić information content (AvgIpc) is 3.06. The molecule has 1 unspecified atom stereocenters. The van der Waals surface area contributed by atoms with Crippen molar-refractivity contribution >= 4 is 17.8 Å². The topological polar surface area (TPSA) is 121 Å². The maximum atomic E-state index is 12.8. The lowest BCUT2D eigenvalue weighted by Gasteiger charge is -2.37. The standard InChI is InChI=1S/C34H42N2O8/c1-25(37)36-21-8-22-42-23-31(44-33(39)20-19-32(38)35-2)24-43-34(26-9-6-5-7-10-26,27-11-15-29(40-3)16-12-27)28-13-17-30(41-4)18-14-28/h5-7,9-18,31H,8,19-24H2,1-4H3,(H,35,38)(H,36,37). The van der Waals surface area contributed by atoms with Crippen LogP contribution in [0.15, 0.2) is 78.9 Å². The zero-order chi connectivity index (χ0) is 31.8. The molecule has 0 spiro atoms. The van der Waals surface area contributed by atoms with E-state index in [4.69, 9.17) is 23.7 Å². The quantitative estimate of drug-likeness (QED) is 0.127. The zero-order valence-corrected chi connectivity index (χ0v) is 25.8. The fraction of sp³-hybridized carbons (Fsp3) is 0.382. The van der Waals surface area contributed by atoms with Gasteiger partial charge in [-0.2, -0.15) is 0 Å². The number of hydrogen-bond donors (Lipinski definition) is 2. The van der Waals surface area contributed by atoms with Gasteiger partial charge in [-0.15, -0.1) is 0 Å². The Hall–Kier alpha value is -4.41. The van der Waals surface area contributed by atoms with Crippen LogP contribution in [-0.4, -0.2) is 71.5 Å². The summed E-state index contributed by atoms with van der Waals surface area (Å²) in [6, 6.07) is 25.0. The first-order valence-electron chi connectivity index (χ1n) is 14.5. The molecule has 0 heterocycles. The predicted molar refractivity (Wildman–Crippen MR) is 166 cm³/mol. The second kappa shape index (κ2) is 17.6. The van der Waals surface area contributed by atoms with Crippen molar-refractivity contribution in [2.75, 3.05) is 47.6 Å². The maximum Gasteiger partial charge on any atom is 0.306 e. The molecule has 0 aliphatic heterocycles. The van der Waals surface area contributed by atoms with Gasteiger partial charge in [0.15, 0.2) is 0 Å². The van der Waals surface area contributed by atoms with Crippen molar-refractivity contribution in [3.05, 3.63) is 95.6 Å². The van der Waals surface area contributed by atoms with Gasteiger partial charge >= 0.3 is 5.97 Å². The normalized spacial score (nSPS) is 11.7. The number of carbonyl (C=O) groups is 3. The van der Waals surface area contributed by atoms with Crippen molar-refractivity contribution in [1.29, 1.82) is 0 Å². The molecule has 0 bridgehead atoms. The molecule has 0 fully saturated rings. The number of nitrogens with one attached hydrogen (secondary N) is 2. The summed E-state index contributed by atoms with van der Waals surface area (Å²) in [4.78, 5) is 35.7. The summed E-state index contributed by atoms with van der Waals surface area (Å²) >= 11 is 0. The molecule has 0 saturated carbocycles. The van der Waals surface area contributed by atoms with E-state index >= 15 is 0 Å². The van der Waals surface area contributed by atoms with Crippen LogP contribution in [-0.2, 0) is 34.2 Å². The summed E-state index contributed by atoms with van der Waals surface area (Å²) in [5.41, 5.74) is 1.40. The van der Waals surface area contributed by atoms with E-state index in [2.05, 4.69) is 10.6 Å². The van der Waals surface area contributed by atoms with E-state index < -0.39 is 17.7 Å². The van der Waals surface area contributed by atoms with Gasteiger partial charge < -0.3 is 34.3 Å². The van der Waals surface area contributed by atoms with Gasteiger partial charge in [0.05, 0.1) is 33.9 Å². The Morgan fingerprint density at radius 2 is 1.34 bits per heavy atom. The molecule has 0 aromatic heterocycles. The number of amides is 2. The van der Waals surface area contributed by atoms with Gasteiger partial charge in [0.25, 0.3) is 0 Å². The van der Waals surface area contributed by atoms with Crippen LogP contribution in [0, 0.1) is 0 Å². The van der Waals surface area contributed by atoms with E-state index in [0.717, 1.165) is 16.7 Å². The van der Waals surface area contributed by atoms with Gasteiger partial charge in [-0.25, -0.2) is 0 Å². The Morgan fingerprint density at radius 1 is 0.773 bits per heavy atom. The molecule has 236 valence electrons. The summed E-state index contributed by atoms with van der Waals surface area (Å²) in [6.07, 6.45) is -0.276. The van der Waals surface area contributed by atoms with Gasteiger partial charge in [-0.05, 0) is 47.4 Å². The monoisotopic (exact) mass is 606 g/mol. The molecule has 0 saturated heterocycles. The molecule has 0 aliphatic carbocycles. The first-order valence-corrected chi connectivity index (χ1v) is 14.5. The van der Waals surface area contributed by atoms with Gasteiger partial charge in [-0.1, -0.05) is 54.6 Å². The van der Waals surface area contributed by atoms with Gasteiger partial charge in [0.1, 0.15) is 23.2 Å². The molecule has 10 nitrogen and oxygen atoms in total. The van der Waals surface area contributed by atoms with Crippen LogP contribution in [0.2, 0.25) is 0 Å². The first kappa shape index (κ1) is 34.1. The fourth-order valence-corrected chi connectivity index (χ4v) is 4.65. The van der Waals surface area contributed by atoms with Crippen molar-refractivity contribution in [3.63, 3.8) is 0 Å². The second-order valence-corrected chi connectivity index (χ2v) is 10.0. The number of rotatable bonds is 18. The maximum absolute atomic E-state index is 12.8. The minimum atomic E-state index is -1.11.